The summed E-state index contributed by atoms with van der Waals surface area (Å²) in [5.41, 5.74) is 0.214. The maximum Gasteiger partial charge on any atom is 0.328 e. The molecule has 140 valence electrons. The average Bonchev–Trinajstić information content (AvgIpc) is 3.07. The molecule has 2 rings (SSSR count). The second-order valence-corrected chi connectivity index (χ2v) is 5.98. The van der Waals surface area contributed by atoms with Gasteiger partial charge in [0.15, 0.2) is 5.52 Å². The number of hydrogen-bond donors (Lipinski definition) is 2. The Kier molecular flexibility index (Phi) is 6.04. The first-order valence-corrected chi connectivity index (χ1v) is 7.84. The van der Waals surface area contributed by atoms with Crippen LogP contribution in [0.5, 0.6) is 0 Å². The van der Waals surface area contributed by atoms with Gasteiger partial charge < -0.3 is 15.4 Å². The van der Waals surface area contributed by atoms with E-state index >= 15 is 0 Å². The number of hydrogen-bond acceptors (Lipinski definition) is 9. The number of non-ortho nitro benzene ring substituents is 1. The van der Waals surface area contributed by atoms with Crippen molar-refractivity contribution < 1.29 is 23.9 Å². The zero-order chi connectivity index (χ0) is 19.3. The predicted molar refractivity (Wildman–Crippen MR) is 90.3 cm³/mol. The third-order valence-electron chi connectivity index (χ3n) is 3.56. The number of ether oxygens (including phenoxy) is 1. The van der Waals surface area contributed by atoms with Crippen LogP contribution in [0.4, 0.5) is 11.4 Å². The van der Waals surface area contributed by atoms with Crippen molar-refractivity contribution >= 4 is 34.3 Å². The van der Waals surface area contributed by atoms with Crippen LogP contribution in [0.1, 0.15) is 20.3 Å². The molecule has 11 nitrogen and oxygen atoms in total. The molecule has 0 fully saturated rings. The third kappa shape index (κ3) is 4.43. The zero-order valence-corrected chi connectivity index (χ0v) is 14.5. The molecule has 11 heteroatoms. The van der Waals surface area contributed by atoms with Gasteiger partial charge in [-0.15, -0.1) is 0 Å². The molecule has 2 aromatic rings. The molecule has 0 aliphatic carbocycles. The van der Waals surface area contributed by atoms with Gasteiger partial charge in [-0.25, -0.2) is 9.42 Å². The third-order valence-corrected chi connectivity index (χ3v) is 3.56. The van der Waals surface area contributed by atoms with Crippen molar-refractivity contribution in [3.8, 4) is 0 Å². The minimum Gasteiger partial charge on any atom is -0.467 e. The van der Waals surface area contributed by atoms with Crippen molar-refractivity contribution in [3.63, 3.8) is 0 Å². The molecule has 26 heavy (non-hydrogen) atoms. The fourth-order valence-corrected chi connectivity index (χ4v) is 2.39. The van der Waals surface area contributed by atoms with E-state index in [9.17, 15) is 19.7 Å². The lowest BCUT2D eigenvalue weighted by Gasteiger charge is -2.18. The molecule has 1 heterocycles. The number of nitrogens with zero attached hydrogens (tertiary/aromatic N) is 3. The SMILES string of the molecule is COC(=O)[C@H](CC(C)C)NC(=O)CNc1ccc([N+](=O)[O-])c2nonc12. The predicted octanol–water partition coefficient (Wildman–Crippen LogP) is 1.25. The first-order chi connectivity index (χ1) is 12.3. The molecule has 0 saturated carbocycles. The summed E-state index contributed by atoms with van der Waals surface area (Å²) in [6.45, 7) is 3.67. The zero-order valence-electron chi connectivity index (χ0n) is 14.5. The van der Waals surface area contributed by atoms with Crippen molar-refractivity contribution in [1.82, 2.24) is 15.6 Å². The monoisotopic (exact) mass is 365 g/mol. The normalized spacial score (nSPS) is 12.0. The fraction of sp³-hybridized carbons (Fsp3) is 0.467. The minimum absolute atomic E-state index is 0.0207. The number of carbonyl (C=O) groups is 2. The molecule has 0 aliphatic rings. The van der Waals surface area contributed by atoms with Gasteiger partial charge in [-0.1, -0.05) is 13.8 Å². The van der Waals surface area contributed by atoms with Crippen LogP contribution in [0.2, 0.25) is 0 Å². The molecule has 0 unspecified atom stereocenters. The first kappa shape index (κ1) is 19.1. The van der Waals surface area contributed by atoms with Gasteiger partial charge in [0.2, 0.25) is 11.4 Å². The Morgan fingerprint density at radius 3 is 2.62 bits per heavy atom. The highest BCUT2D eigenvalue weighted by Crippen LogP contribution is 2.28. The molecule has 0 spiro atoms. The molecular weight excluding hydrogens is 346 g/mol. The standard InChI is InChI=1S/C15H19N5O6/c1-8(2)6-10(15(22)25-3)17-12(21)7-16-9-4-5-11(20(23)24)14-13(9)18-26-19-14/h4-5,8,10,16H,6-7H2,1-3H3,(H,17,21)/t10-/m0/s1. The molecule has 0 saturated heterocycles. The number of rotatable bonds is 8. The van der Waals surface area contributed by atoms with Gasteiger partial charge in [0.1, 0.15) is 6.04 Å². The summed E-state index contributed by atoms with van der Waals surface area (Å²) in [6.07, 6.45) is 0.438. The molecule has 0 bridgehead atoms. The maximum atomic E-state index is 12.1. The van der Waals surface area contributed by atoms with Crippen molar-refractivity contribution in [2.24, 2.45) is 5.92 Å². The second kappa shape index (κ2) is 8.23. The van der Waals surface area contributed by atoms with Crippen molar-refractivity contribution in [2.45, 2.75) is 26.3 Å². The van der Waals surface area contributed by atoms with Gasteiger partial charge in [0, 0.05) is 6.07 Å². The van der Waals surface area contributed by atoms with Crippen molar-refractivity contribution in [2.75, 3.05) is 19.0 Å². The summed E-state index contributed by atoms with van der Waals surface area (Å²) < 4.78 is 9.24. The number of nitro benzene ring substituents is 1. The van der Waals surface area contributed by atoms with Gasteiger partial charge >= 0.3 is 11.7 Å². The molecule has 1 aromatic heterocycles. The lowest BCUT2D eigenvalue weighted by Crippen LogP contribution is -2.44. The van der Waals surface area contributed by atoms with Crippen LogP contribution in [0.25, 0.3) is 11.0 Å². The lowest BCUT2D eigenvalue weighted by atomic mass is 10.0. The van der Waals surface area contributed by atoms with Crippen LogP contribution in [0.3, 0.4) is 0 Å². The highest BCUT2D eigenvalue weighted by molar-refractivity contribution is 5.95. The number of fused-ring (bicyclic) bond motifs is 1. The number of carbonyl (C=O) groups excluding carboxylic acids is 2. The van der Waals surface area contributed by atoms with Crippen LogP contribution in [0, 0.1) is 16.0 Å². The Morgan fingerprint density at radius 1 is 1.31 bits per heavy atom. The molecule has 1 aromatic carbocycles. The van der Waals surface area contributed by atoms with E-state index in [2.05, 4.69) is 25.6 Å². The quantitative estimate of drug-likeness (QED) is 0.400. The Hall–Kier alpha value is -3.24. The van der Waals surface area contributed by atoms with Gasteiger partial charge in [0.25, 0.3) is 0 Å². The topological polar surface area (TPSA) is 149 Å². The summed E-state index contributed by atoms with van der Waals surface area (Å²) in [6, 6.07) is 1.90. The number of nitro groups is 1. The fourth-order valence-electron chi connectivity index (χ4n) is 2.39. The van der Waals surface area contributed by atoms with Crippen LogP contribution < -0.4 is 10.6 Å². The van der Waals surface area contributed by atoms with E-state index in [0.29, 0.717) is 12.1 Å². The summed E-state index contributed by atoms with van der Waals surface area (Å²) in [7, 11) is 1.26. The van der Waals surface area contributed by atoms with E-state index < -0.39 is 22.8 Å². The van der Waals surface area contributed by atoms with Gasteiger partial charge in [-0.3, -0.25) is 14.9 Å². The number of esters is 1. The molecule has 0 radical (unpaired) electrons. The summed E-state index contributed by atoms with van der Waals surface area (Å²) in [5.74, 6) is -0.780. The van der Waals surface area contributed by atoms with Crippen molar-refractivity contribution in [3.05, 3.63) is 22.2 Å². The van der Waals surface area contributed by atoms with E-state index in [1.54, 1.807) is 0 Å². The van der Waals surface area contributed by atoms with Gasteiger partial charge in [-0.05, 0) is 28.7 Å². The van der Waals surface area contributed by atoms with E-state index in [1.165, 1.54) is 19.2 Å². The van der Waals surface area contributed by atoms with E-state index in [-0.39, 0.29) is 29.2 Å². The van der Waals surface area contributed by atoms with E-state index in [1.807, 2.05) is 13.8 Å². The number of anilines is 1. The average molecular weight is 365 g/mol. The van der Waals surface area contributed by atoms with Gasteiger partial charge in [0.05, 0.1) is 24.3 Å². The highest BCUT2D eigenvalue weighted by atomic mass is 16.6. The number of aromatic nitrogens is 2. The number of nitrogens with one attached hydrogen (secondary N) is 2. The maximum absolute atomic E-state index is 12.1. The Morgan fingerprint density at radius 2 is 2.00 bits per heavy atom. The largest absolute Gasteiger partial charge is 0.467 e. The number of methoxy groups -OCH3 is 1. The Labute approximate surface area is 148 Å². The van der Waals surface area contributed by atoms with Crippen molar-refractivity contribution in [1.29, 1.82) is 0 Å². The number of amides is 1. The molecule has 1 atom stereocenters. The summed E-state index contributed by atoms with van der Waals surface area (Å²) in [4.78, 5) is 34.2. The summed E-state index contributed by atoms with van der Waals surface area (Å²) >= 11 is 0. The molecule has 1 amide bonds. The summed E-state index contributed by atoms with van der Waals surface area (Å²) in [5, 5.41) is 23.5. The van der Waals surface area contributed by atoms with Crippen LogP contribution in [-0.2, 0) is 14.3 Å². The van der Waals surface area contributed by atoms with E-state index in [0.717, 1.165) is 0 Å². The molecule has 0 aliphatic heterocycles. The second-order valence-electron chi connectivity index (χ2n) is 5.98. The molecule has 2 N–H and O–H groups in total. The van der Waals surface area contributed by atoms with Gasteiger partial charge in [-0.2, -0.15) is 0 Å². The van der Waals surface area contributed by atoms with Crippen LogP contribution in [-0.4, -0.2) is 46.8 Å². The Balaban J connectivity index is 2.06. The first-order valence-electron chi connectivity index (χ1n) is 7.84. The highest BCUT2D eigenvalue weighted by Gasteiger charge is 2.23. The van der Waals surface area contributed by atoms with Crippen LogP contribution in [0.15, 0.2) is 16.8 Å². The Bertz CT molecular complexity index is 818. The minimum atomic E-state index is -0.750. The number of benzene rings is 1. The van der Waals surface area contributed by atoms with Crippen LogP contribution >= 0.6 is 0 Å². The smallest absolute Gasteiger partial charge is 0.328 e. The molecular formula is C15H19N5O6. The lowest BCUT2D eigenvalue weighted by molar-refractivity contribution is -0.383. The van der Waals surface area contributed by atoms with E-state index in [4.69, 9.17) is 4.74 Å².